The Morgan fingerprint density at radius 3 is 1.46 bits per heavy atom. The second-order valence-electron chi connectivity index (χ2n) is 5.23. The summed E-state index contributed by atoms with van der Waals surface area (Å²) in [5, 5.41) is 0. The molecule has 0 radical (unpaired) electrons. The highest BCUT2D eigenvalue weighted by molar-refractivity contribution is 7.98. The largest absolute Gasteiger partial charge is 0.497 e. The summed E-state index contributed by atoms with van der Waals surface area (Å²) in [6.45, 7) is 0. The van der Waals surface area contributed by atoms with Gasteiger partial charge in [-0.2, -0.15) is 0 Å². The van der Waals surface area contributed by atoms with E-state index in [2.05, 4.69) is 18.4 Å². The van der Waals surface area contributed by atoms with Gasteiger partial charge in [-0.25, -0.2) is 4.98 Å². The maximum Gasteiger partial charge on any atom is 0.118 e. The fourth-order valence-corrected chi connectivity index (χ4v) is 2.90. The molecule has 0 fully saturated rings. The quantitative estimate of drug-likeness (QED) is 0.602. The molecular weight excluding hydrogens is 318 g/mol. The highest BCUT2D eigenvalue weighted by Gasteiger charge is 2.07. The third-order valence-corrected chi connectivity index (χ3v) is 4.51. The summed E-state index contributed by atoms with van der Waals surface area (Å²) in [7, 11) is 3.34. The summed E-state index contributed by atoms with van der Waals surface area (Å²) in [5.41, 5.74) is 4.05. The Bertz CT molecular complexity index is 748. The van der Waals surface area contributed by atoms with Gasteiger partial charge in [0.25, 0.3) is 0 Å². The number of hydrogen-bond donors (Lipinski definition) is 0. The van der Waals surface area contributed by atoms with Gasteiger partial charge >= 0.3 is 0 Å². The molecule has 0 N–H and O–H groups in total. The number of methoxy groups -OCH3 is 2. The smallest absolute Gasteiger partial charge is 0.118 e. The number of thioether (sulfide) groups is 1. The molecule has 0 aliphatic carbocycles. The van der Waals surface area contributed by atoms with E-state index in [9.17, 15) is 0 Å². The van der Waals surface area contributed by atoms with Crippen LogP contribution in [0.15, 0.2) is 65.6 Å². The molecule has 0 unspecified atom stereocenters. The Morgan fingerprint density at radius 2 is 1.12 bits per heavy atom. The lowest BCUT2D eigenvalue weighted by molar-refractivity contribution is 0.415. The van der Waals surface area contributed by atoms with Gasteiger partial charge < -0.3 is 9.47 Å². The molecule has 0 spiro atoms. The van der Waals surface area contributed by atoms with Gasteiger partial charge in [-0.3, -0.25) is 0 Å². The molecule has 0 atom stereocenters. The zero-order chi connectivity index (χ0) is 16.9. The van der Waals surface area contributed by atoms with E-state index in [1.165, 1.54) is 4.90 Å². The van der Waals surface area contributed by atoms with Crippen molar-refractivity contribution in [3.05, 3.63) is 60.7 Å². The van der Waals surface area contributed by atoms with Gasteiger partial charge in [0.2, 0.25) is 0 Å². The Balaban J connectivity index is 2.03. The molecule has 1 heterocycles. The predicted octanol–water partition coefficient (Wildman–Crippen LogP) is 5.15. The molecule has 0 bridgehead atoms. The van der Waals surface area contributed by atoms with Crippen molar-refractivity contribution in [1.82, 2.24) is 4.98 Å². The van der Waals surface area contributed by atoms with E-state index in [0.29, 0.717) is 0 Å². The number of nitrogens with zero attached hydrogens (tertiary/aromatic N) is 1. The van der Waals surface area contributed by atoms with Crippen LogP contribution < -0.4 is 9.47 Å². The molecule has 4 heteroatoms. The number of rotatable bonds is 5. The van der Waals surface area contributed by atoms with Crippen LogP contribution in [0.1, 0.15) is 0 Å². The average Bonchev–Trinajstić information content (AvgIpc) is 2.67. The third-order valence-electron chi connectivity index (χ3n) is 3.81. The molecule has 0 aliphatic rings. The summed E-state index contributed by atoms with van der Waals surface area (Å²) in [6, 6.07) is 20.2. The molecule has 3 nitrogen and oxygen atoms in total. The van der Waals surface area contributed by atoms with Crippen molar-refractivity contribution in [2.45, 2.75) is 4.90 Å². The van der Waals surface area contributed by atoms with E-state index >= 15 is 0 Å². The van der Waals surface area contributed by atoms with Crippen LogP contribution in [-0.2, 0) is 0 Å². The second kappa shape index (κ2) is 7.41. The van der Waals surface area contributed by atoms with Crippen LogP contribution in [0.4, 0.5) is 0 Å². The van der Waals surface area contributed by atoms with Gasteiger partial charge in [-0.05, 0) is 66.9 Å². The molecule has 24 heavy (non-hydrogen) atoms. The summed E-state index contributed by atoms with van der Waals surface area (Å²) < 4.78 is 10.5. The number of benzene rings is 2. The molecule has 0 aliphatic heterocycles. The third kappa shape index (κ3) is 3.54. The van der Waals surface area contributed by atoms with Gasteiger partial charge in [0.15, 0.2) is 0 Å². The van der Waals surface area contributed by atoms with E-state index in [0.717, 1.165) is 34.0 Å². The summed E-state index contributed by atoms with van der Waals surface area (Å²) >= 11 is 1.71. The lowest BCUT2D eigenvalue weighted by Gasteiger charge is -2.09. The van der Waals surface area contributed by atoms with E-state index in [1.54, 1.807) is 26.0 Å². The maximum absolute atomic E-state index is 5.23. The summed E-state index contributed by atoms with van der Waals surface area (Å²) in [6.07, 6.45) is 2.07. The van der Waals surface area contributed by atoms with E-state index in [4.69, 9.17) is 14.5 Å². The van der Waals surface area contributed by atoms with Crippen LogP contribution in [0.3, 0.4) is 0 Å². The first-order valence-corrected chi connectivity index (χ1v) is 8.81. The standard InChI is InChI=1S/C20H19NO2S/c1-22-16-8-4-14(5-9-16)19-12-18(24-3)13-20(21-19)15-6-10-17(23-2)11-7-15/h4-13H,1-3H3. The highest BCUT2D eigenvalue weighted by atomic mass is 32.2. The normalized spacial score (nSPS) is 10.5. The monoisotopic (exact) mass is 337 g/mol. The fourth-order valence-electron chi connectivity index (χ4n) is 2.44. The van der Waals surface area contributed by atoms with Gasteiger partial charge in [-0.1, -0.05) is 0 Å². The van der Waals surface area contributed by atoms with Crippen LogP contribution >= 0.6 is 11.8 Å². The molecule has 0 saturated carbocycles. The first kappa shape index (κ1) is 16.4. The zero-order valence-corrected chi connectivity index (χ0v) is 14.8. The molecule has 3 rings (SSSR count). The molecule has 1 aromatic heterocycles. The lowest BCUT2D eigenvalue weighted by atomic mass is 10.1. The Labute approximate surface area is 146 Å². The van der Waals surface area contributed by atoms with Crippen molar-refractivity contribution in [2.24, 2.45) is 0 Å². The molecule has 122 valence electrons. The first-order chi connectivity index (χ1) is 11.7. The van der Waals surface area contributed by atoms with Crippen LogP contribution in [-0.4, -0.2) is 25.5 Å². The van der Waals surface area contributed by atoms with Crippen LogP contribution in [0.25, 0.3) is 22.5 Å². The summed E-state index contributed by atoms with van der Waals surface area (Å²) in [4.78, 5) is 6.02. The molecular formula is C20H19NO2S. The SMILES string of the molecule is COc1ccc(-c2cc(SC)cc(-c3ccc(OC)cc3)n2)cc1. The lowest BCUT2D eigenvalue weighted by Crippen LogP contribution is -1.91. The minimum absolute atomic E-state index is 0.843. The number of hydrogen-bond acceptors (Lipinski definition) is 4. The van der Waals surface area contributed by atoms with E-state index in [1.807, 2.05) is 48.5 Å². The zero-order valence-electron chi connectivity index (χ0n) is 13.9. The predicted molar refractivity (Wildman–Crippen MR) is 100.0 cm³/mol. The minimum atomic E-state index is 0.843. The Morgan fingerprint density at radius 1 is 0.708 bits per heavy atom. The maximum atomic E-state index is 5.23. The van der Waals surface area contributed by atoms with Crippen molar-refractivity contribution in [2.75, 3.05) is 20.5 Å². The van der Waals surface area contributed by atoms with Gasteiger partial charge in [0, 0.05) is 16.0 Å². The average molecular weight is 337 g/mol. The number of aromatic nitrogens is 1. The van der Waals surface area contributed by atoms with Crippen LogP contribution in [0, 0.1) is 0 Å². The van der Waals surface area contributed by atoms with Crippen molar-refractivity contribution in [1.29, 1.82) is 0 Å². The van der Waals surface area contributed by atoms with E-state index in [-0.39, 0.29) is 0 Å². The molecule has 0 saturated heterocycles. The first-order valence-electron chi connectivity index (χ1n) is 7.58. The van der Waals surface area contributed by atoms with Crippen molar-refractivity contribution < 1.29 is 9.47 Å². The van der Waals surface area contributed by atoms with Gasteiger partial charge in [-0.15, -0.1) is 11.8 Å². The van der Waals surface area contributed by atoms with Crippen molar-refractivity contribution in [3.8, 4) is 34.0 Å². The van der Waals surface area contributed by atoms with E-state index < -0.39 is 0 Å². The fraction of sp³-hybridized carbons (Fsp3) is 0.150. The topological polar surface area (TPSA) is 31.4 Å². The second-order valence-corrected chi connectivity index (χ2v) is 6.11. The Hall–Kier alpha value is -2.46. The van der Waals surface area contributed by atoms with Gasteiger partial charge in [0.1, 0.15) is 11.5 Å². The van der Waals surface area contributed by atoms with Crippen LogP contribution in [0.2, 0.25) is 0 Å². The van der Waals surface area contributed by atoms with Crippen molar-refractivity contribution >= 4 is 11.8 Å². The number of pyridine rings is 1. The molecule has 2 aromatic carbocycles. The number of ether oxygens (including phenoxy) is 2. The Kier molecular flexibility index (Phi) is 5.06. The van der Waals surface area contributed by atoms with Crippen LogP contribution in [0.5, 0.6) is 11.5 Å². The summed E-state index contributed by atoms with van der Waals surface area (Å²) in [5.74, 6) is 1.69. The minimum Gasteiger partial charge on any atom is -0.497 e. The highest BCUT2D eigenvalue weighted by Crippen LogP contribution is 2.30. The molecule has 3 aromatic rings. The van der Waals surface area contributed by atoms with Gasteiger partial charge in [0.05, 0.1) is 25.6 Å². The van der Waals surface area contributed by atoms with Crippen molar-refractivity contribution in [3.63, 3.8) is 0 Å². The molecule has 0 amide bonds.